The molecule has 9 rings (SSSR count). The predicted octanol–water partition coefficient (Wildman–Crippen LogP) is 7.34. The molecule has 14 nitrogen and oxygen atoms in total. The van der Waals surface area contributed by atoms with E-state index in [1.54, 1.807) is 31.4 Å². The number of nitrogens with one attached hydrogen (secondary N) is 1. The number of benzene rings is 5. The zero-order valence-corrected chi connectivity index (χ0v) is 33.7. The van der Waals surface area contributed by atoms with E-state index in [0.29, 0.717) is 70.6 Å². The Hall–Kier alpha value is -6.03. The summed E-state index contributed by atoms with van der Waals surface area (Å²) in [5.41, 5.74) is 5.16. The van der Waals surface area contributed by atoms with Gasteiger partial charge in [0.25, 0.3) is 15.7 Å². The number of nitrogens with zero attached hydrogens (tertiary/aromatic N) is 3. The van der Waals surface area contributed by atoms with Gasteiger partial charge in [0.05, 0.1) is 45.1 Å². The van der Waals surface area contributed by atoms with Crippen molar-refractivity contribution < 1.29 is 41.8 Å². The van der Waals surface area contributed by atoms with Gasteiger partial charge in [0, 0.05) is 24.2 Å². The highest BCUT2D eigenvalue weighted by atomic mass is 32.2. The second kappa shape index (κ2) is 15.7. The highest BCUT2D eigenvalue weighted by molar-refractivity contribution is 7.92. The molecule has 1 atom stereocenters. The van der Waals surface area contributed by atoms with Gasteiger partial charge in [0.2, 0.25) is 5.75 Å². The SMILES string of the molecule is CNCCc1cc(OC)c2cc1CCc1ccc(cc1)Oc1cc3c(cc1OC)N(S(=O)(=O)c1ccccc1[N+](=O)[O-])N1CCc4cc(OC)c(OC)c(c4[C@@H]1C3)O2. The maximum absolute atomic E-state index is 15.1. The lowest BCUT2D eigenvalue weighted by Crippen LogP contribution is -2.54. The third kappa shape index (κ3) is 6.78. The van der Waals surface area contributed by atoms with Crippen LogP contribution in [0.4, 0.5) is 11.4 Å². The van der Waals surface area contributed by atoms with E-state index in [4.69, 9.17) is 28.4 Å². The molecule has 4 aliphatic rings. The average Bonchev–Trinajstić information content (AvgIpc) is 3.23. The van der Waals surface area contributed by atoms with Crippen molar-refractivity contribution in [2.24, 2.45) is 0 Å². The maximum atomic E-state index is 15.1. The molecule has 4 heterocycles. The first-order valence-corrected chi connectivity index (χ1v) is 20.4. The molecule has 0 radical (unpaired) electrons. The number of methoxy groups -OCH3 is 4. The van der Waals surface area contributed by atoms with Crippen LogP contribution in [0.3, 0.4) is 0 Å². The Labute approximate surface area is 337 Å². The first kappa shape index (κ1) is 38.8. The van der Waals surface area contributed by atoms with Crippen molar-refractivity contribution in [2.75, 3.05) is 53.0 Å². The molecule has 0 unspecified atom stereocenters. The lowest BCUT2D eigenvalue weighted by Gasteiger charge is -2.48. The summed E-state index contributed by atoms with van der Waals surface area (Å²) >= 11 is 0. The van der Waals surface area contributed by atoms with Crippen LogP contribution in [0.5, 0.6) is 46.0 Å². The van der Waals surface area contributed by atoms with Crippen molar-refractivity contribution in [3.8, 4) is 46.0 Å². The number of nitro groups is 1. The first-order chi connectivity index (χ1) is 28.1. The number of likely N-dealkylation sites (N-methyl/N-ethyl adjacent to an activating group) is 1. The number of anilines is 1. The second-order valence-electron chi connectivity index (χ2n) is 14.2. The van der Waals surface area contributed by atoms with E-state index >= 15 is 8.42 Å². The number of nitro benzene ring substituents is 1. The van der Waals surface area contributed by atoms with Crippen LogP contribution >= 0.6 is 0 Å². The van der Waals surface area contributed by atoms with Gasteiger partial charge >= 0.3 is 0 Å². The zero-order chi connectivity index (χ0) is 40.7. The number of hydrazine groups is 1. The Morgan fingerprint density at radius 1 is 0.810 bits per heavy atom. The Balaban J connectivity index is 1.41. The van der Waals surface area contributed by atoms with Crippen LogP contribution in [0.25, 0.3) is 0 Å². The van der Waals surface area contributed by atoms with Crippen LogP contribution in [-0.4, -0.2) is 66.9 Å². The minimum atomic E-state index is -4.65. The number of hydrogen-bond acceptors (Lipinski definition) is 12. The molecule has 4 aliphatic heterocycles. The topological polar surface area (TPSA) is 151 Å². The van der Waals surface area contributed by atoms with E-state index in [1.165, 1.54) is 42.9 Å². The van der Waals surface area contributed by atoms with Gasteiger partial charge in [-0.25, -0.2) is 0 Å². The van der Waals surface area contributed by atoms with Crippen molar-refractivity contribution in [2.45, 2.75) is 43.0 Å². The van der Waals surface area contributed by atoms with Crippen molar-refractivity contribution in [1.82, 2.24) is 10.3 Å². The summed E-state index contributed by atoms with van der Waals surface area (Å²) in [6.45, 7) is 0.987. The molecule has 15 heteroatoms. The highest BCUT2D eigenvalue weighted by Crippen LogP contribution is 2.55. The van der Waals surface area contributed by atoms with Crippen LogP contribution in [0.2, 0.25) is 0 Å². The Morgan fingerprint density at radius 2 is 1.52 bits per heavy atom. The van der Waals surface area contributed by atoms with E-state index in [1.807, 2.05) is 49.5 Å². The number of rotatable bonds is 10. The molecule has 0 spiro atoms. The normalized spacial score (nSPS) is 15.8. The van der Waals surface area contributed by atoms with Gasteiger partial charge in [-0.15, -0.1) is 0 Å². The van der Waals surface area contributed by atoms with Gasteiger partial charge < -0.3 is 33.7 Å². The fraction of sp³-hybridized carbons (Fsp3) is 0.302. The smallest absolute Gasteiger partial charge is 0.289 e. The zero-order valence-electron chi connectivity index (χ0n) is 32.9. The summed E-state index contributed by atoms with van der Waals surface area (Å²) in [4.78, 5) is 11.2. The molecule has 302 valence electrons. The maximum Gasteiger partial charge on any atom is 0.289 e. The average molecular weight is 809 g/mol. The van der Waals surface area contributed by atoms with Crippen molar-refractivity contribution in [3.63, 3.8) is 0 Å². The molecule has 1 N–H and O–H groups in total. The van der Waals surface area contributed by atoms with Crippen molar-refractivity contribution >= 4 is 21.4 Å². The summed E-state index contributed by atoms with van der Waals surface area (Å²) in [6, 6.07) is 21.8. The van der Waals surface area contributed by atoms with Crippen LogP contribution in [0, 0.1) is 10.1 Å². The fourth-order valence-corrected chi connectivity index (χ4v) is 9.96. The third-order valence-corrected chi connectivity index (χ3v) is 12.8. The van der Waals surface area contributed by atoms with Crippen LogP contribution in [0.1, 0.15) is 39.4 Å². The summed E-state index contributed by atoms with van der Waals surface area (Å²) in [6.07, 6.45) is 2.89. The second-order valence-corrected chi connectivity index (χ2v) is 16.0. The number of hydrogen-bond donors (Lipinski definition) is 1. The molecule has 5 aromatic carbocycles. The molecule has 7 bridgehead atoms. The Kier molecular flexibility index (Phi) is 10.5. The number of aryl methyl sites for hydroxylation is 2. The number of para-hydroxylation sites is 1. The van der Waals surface area contributed by atoms with Crippen molar-refractivity contribution in [3.05, 3.63) is 122 Å². The molecule has 58 heavy (non-hydrogen) atoms. The lowest BCUT2D eigenvalue weighted by molar-refractivity contribution is -0.387. The van der Waals surface area contributed by atoms with Gasteiger partial charge in [0.1, 0.15) is 5.75 Å². The van der Waals surface area contributed by atoms with Gasteiger partial charge in [-0.05, 0) is 116 Å². The Bertz CT molecular complexity index is 2510. The molecule has 0 aromatic heterocycles. The van der Waals surface area contributed by atoms with Crippen LogP contribution in [-0.2, 0) is 42.1 Å². The lowest BCUT2D eigenvalue weighted by atomic mass is 9.86. The standard InChI is InChI=1S/C43H44N4O10S/c1-44-18-16-28-21-35(52-2)38-22-27(28)13-10-26-11-14-31(15-12-26)56-37-24-30-20-34-41-29(23-39(54-4)42(55-5)43(41)57-38)17-19-45(34)46(33(30)25-36(37)53-3)58(50,51)40-9-7-6-8-32(40)47(48)49/h6-9,11-12,14-15,21-25,34,44H,10,13,16-20H2,1-5H3/t34-/m0/s1. The van der Waals surface area contributed by atoms with E-state index < -0.39 is 31.6 Å². The molecule has 0 saturated heterocycles. The molecule has 0 aliphatic carbocycles. The van der Waals surface area contributed by atoms with Gasteiger partial charge in [0.15, 0.2) is 39.4 Å². The molecule has 5 aromatic rings. The number of fused-ring (bicyclic) bond motifs is 3. The molecular weight excluding hydrogens is 765 g/mol. The fourth-order valence-electron chi connectivity index (χ4n) is 8.22. The Morgan fingerprint density at radius 3 is 2.22 bits per heavy atom. The van der Waals surface area contributed by atoms with E-state index in [-0.39, 0.29) is 18.0 Å². The number of ether oxygens (including phenoxy) is 6. The largest absolute Gasteiger partial charge is 0.493 e. The molecule has 0 fully saturated rings. The molecule has 0 saturated carbocycles. The molecular formula is C43H44N4O10S. The molecule has 0 amide bonds. The van der Waals surface area contributed by atoms with Gasteiger partial charge in [-0.2, -0.15) is 17.8 Å². The summed E-state index contributed by atoms with van der Waals surface area (Å²) in [5.74, 6) is 3.30. The first-order valence-electron chi connectivity index (χ1n) is 18.9. The summed E-state index contributed by atoms with van der Waals surface area (Å²) in [7, 11) is 3.44. The van der Waals surface area contributed by atoms with Gasteiger partial charge in [-0.1, -0.05) is 24.3 Å². The van der Waals surface area contributed by atoms with E-state index in [9.17, 15) is 10.1 Å². The van der Waals surface area contributed by atoms with E-state index in [0.717, 1.165) is 41.6 Å². The summed E-state index contributed by atoms with van der Waals surface area (Å²) in [5, 5.41) is 17.3. The minimum absolute atomic E-state index is 0.229. The van der Waals surface area contributed by atoms with Crippen LogP contribution < -0.4 is 38.2 Å². The monoisotopic (exact) mass is 808 g/mol. The third-order valence-electron chi connectivity index (χ3n) is 11.0. The van der Waals surface area contributed by atoms with Gasteiger partial charge in [-0.3, -0.25) is 10.1 Å². The van der Waals surface area contributed by atoms with Crippen LogP contribution in [0.15, 0.2) is 83.8 Å². The quantitative estimate of drug-likeness (QED) is 0.111. The summed E-state index contributed by atoms with van der Waals surface area (Å²) < 4.78 is 68.5. The van der Waals surface area contributed by atoms with Crippen molar-refractivity contribution in [1.29, 1.82) is 0 Å². The number of sulfonamides is 1. The highest BCUT2D eigenvalue weighted by Gasteiger charge is 2.47. The van der Waals surface area contributed by atoms with E-state index in [2.05, 4.69) is 5.32 Å². The predicted molar refractivity (Wildman–Crippen MR) is 217 cm³/mol. The minimum Gasteiger partial charge on any atom is -0.493 e.